The van der Waals surface area contributed by atoms with Crippen molar-refractivity contribution in [1.82, 2.24) is 5.32 Å². The summed E-state index contributed by atoms with van der Waals surface area (Å²) in [6.07, 6.45) is 4.33. The Bertz CT molecular complexity index is 156. The van der Waals surface area contributed by atoms with E-state index >= 15 is 0 Å². The Kier molecular flexibility index (Phi) is 3.76. The summed E-state index contributed by atoms with van der Waals surface area (Å²) < 4.78 is 0. The molecule has 1 fully saturated rings. The monoisotopic (exact) mass is 169 g/mol. The van der Waals surface area contributed by atoms with Crippen LogP contribution in [0.4, 0.5) is 0 Å². The molecule has 2 atom stereocenters. The van der Waals surface area contributed by atoms with Crippen LogP contribution in [0.3, 0.4) is 0 Å². The molecule has 70 valence electrons. The molecule has 0 aromatic carbocycles. The molecule has 0 aromatic rings. The van der Waals surface area contributed by atoms with E-state index in [1.165, 1.54) is 12.8 Å². The second-order valence-corrected chi connectivity index (χ2v) is 3.80. The third-order valence-electron chi connectivity index (χ3n) is 2.40. The van der Waals surface area contributed by atoms with Crippen LogP contribution in [-0.4, -0.2) is 23.8 Å². The van der Waals surface area contributed by atoms with Gasteiger partial charge in [-0.05, 0) is 19.8 Å². The van der Waals surface area contributed by atoms with Crippen molar-refractivity contribution in [1.29, 1.82) is 0 Å². The molecular weight excluding hydrogens is 150 g/mol. The second kappa shape index (κ2) is 4.63. The van der Waals surface area contributed by atoms with E-state index in [2.05, 4.69) is 11.9 Å². The molecule has 1 aliphatic rings. The largest absolute Gasteiger partial charge is 0.392 e. The third kappa shape index (κ3) is 2.95. The van der Waals surface area contributed by atoms with Gasteiger partial charge in [0.1, 0.15) is 0 Å². The maximum atomic E-state index is 9.59. The zero-order valence-corrected chi connectivity index (χ0v) is 7.84. The van der Waals surface area contributed by atoms with E-state index in [4.69, 9.17) is 0 Å². The summed E-state index contributed by atoms with van der Waals surface area (Å²) in [4.78, 5) is 0. The number of hydrogen-bond acceptors (Lipinski definition) is 2. The molecule has 1 saturated carbocycles. The Morgan fingerprint density at radius 2 is 2.17 bits per heavy atom. The average molecular weight is 169 g/mol. The lowest BCUT2D eigenvalue weighted by Gasteiger charge is -2.28. The Balaban J connectivity index is 2.24. The molecule has 0 bridgehead atoms. The first-order valence-electron chi connectivity index (χ1n) is 4.76. The lowest BCUT2D eigenvalue weighted by molar-refractivity contribution is 0.0925. The van der Waals surface area contributed by atoms with Gasteiger partial charge in [-0.15, -0.1) is 0 Å². The third-order valence-corrected chi connectivity index (χ3v) is 2.40. The minimum atomic E-state index is -0.141. The van der Waals surface area contributed by atoms with Gasteiger partial charge in [-0.1, -0.05) is 25.0 Å². The second-order valence-electron chi connectivity index (χ2n) is 3.80. The topological polar surface area (TPSA) is 32.3 Å². The summed E-state index contributed by atoms with van der Waals surface area (Å²) >= 11 is 0. The first-order valence-corrected chi connectivity index (χ1v) is 4.76. The van der Waals surface area contributed by atoms with Gasteiger partial charge < -0.3 is 10.4 Å². The van der Waals surface area contributed by atoms with Crippen LogP contribution in [-0.2, 0) is 0 Å². The molecule has 0 aromatic heterocycles. The molecule has 1 aliphatic carbocycles. The number of nitrogens with one attached hydrogen (secondary N) is 1. The van der Waals surface area contributed by atoms with Crippen LogP contribution in [0.5, 0.6) is 0 Å². The van der Waals surface area contributed by atoms with Crippen LogP contribution in [0.25, 0.3) is 0 Å². The smallest absolute Gasteiger partial charge is 0.0693 e. The normalized spacial score (nSPS) is 30.2. The van der Waals surface area contributed by atoms with Crippen LogP contribution < -0.4 is 5.32 Å². The molecule has 0 heterocycles. The summed E-state index contributed by atoms with van der Waals surface area (Å²) in [5.41, 5.74) is 1.13. The van der Waals surface area contributed by atoms with E-state index in [0.717, 1.165) is 25.0 Å². The molecule has 0 saturated heterocycles. The Morgan fingerprint density at radius 3 is 2.75 bits per heavy atom. The molecule has 2 heteroatoms. The summed E-state index contributed by atoms with van der Waals surface area (Å²) in [5, 5.41) is 12.9. The zero-order valence-electron chi connectivity index (χ0n) is 7.84. The molecule has 12 heavy (non-hydrogen) atoms. The fraction of sp³-hybridized carbons (Fsp3) is 0.800. The highest BCUT2D eigenvalue weighted by Crippen LogP contribution is 2.18. The van der Waals surface area contributed by atoms with Crippen LogP contribution in [0, 0.1) is 0 Å². The molecule has 0 amide bonds. The maximum Gasteiger partial charge on any atom is 0.0693 e. The van der Waals surface area contributed by atoms with E-state index in [-0.39, 0.29) is 6.10 Å². The Morgan fingerprint density at radius 1 is 1.50 bits per heavy atom. The number of aliphatic hydroxyl groups excluding tert-OH is 1. The minimum absolute atomic E-state index is 0.141. The molecule has 0 aliphatic heterocycles. The average Bonchev–Trinajstić information content (AvgIpc) is 2.03. The van der Waals surface area contributed by atoms with Gasteiger partial charge in [-0.25, -0.2) is 0 Å². The van der Waals surface area contributed by atoms with Crippen LogP contribution in [0.1, 0.15) is 32.6 Å². The van der Waals surface area contributed by atoms with Crippen molar-refractivity contribution in [3.8, 4) is 0 Å². The van der Waals surface area contributed by atoms with Gasteiger partial charge in [0.05, 0.1) is 6.10 Å². The predicted molar refractivity (Wildman–Crippen MR) is 51.1 cm³/mol. The highest BCUT2D eigenvalue weighted by atomic mass is 16.3. The van der Waals surface area contributed by atoms with Gasteiger partial charge in [0, 0.05) is 12.6 Å². The molecular formula is C10H19NO. The number of hydrogen-bond donors (Lipinski definition) is 2. The molecule has 0 radical (unpaired) electrons. The highest BCUT2D eigenvalue weighted by Gasteiger charge is 2.21. The van der Waals surface area contributed by atoms with Crippen molar-refractivity contribution < 1.29 is 5.11 Å². The van der Waals surface area contributed by atoms with Gasteiger partial charge >= 0.3 is 0 Å². The molecule has 0 unspecified atom stereocenters. The summed E-state index contributed by atoms with van der Waals surface area (Å²) in [6, 6.07) is 0.301. The van der Waals surface area contributed by atoms with Crippen LogP contribution in [0.2, 0.25) is 0 Å². The zero-order chi connectivity index (χ0) is 8.97. The Labute approximate surface area is 74.7 Å². The van der Waals surface area contributed by atoms with Crippen LogP contribution >= 0.6 is 0 Å². The SMILES string of the molecule is C=C(C)CN[C@@H]1CCCC[C@H]1O. The van der Waals surface area contributed by atoms with Gasteiger partial charge in [0.25, 0.3) is 0 Å². The first-order chi connectivity index (χ1) is 5.70. The van der Waals surface area contributed by atoms with E-state index in [1.54, 1.807) is 0 Å². The highest BCUT2D eigenvalue weighted by molar-refractivity contribution is 4.93. The van der Waals surface area contributed by atoms with Gasteiger partial charge in [0.15, 0.2) is 0 Å². The molecule has 2 N–H and O–H groups in total. The lowest BCUT2D eigenvalue weighted by Crippen LogP contribution is -2.42. The van der Waals surface area contributed by atoms with Crippen molar-refractivity contribution >= 4 is 0 Å². The molecule has 1 rings (SSSR count). The summed E-state index contributed by atoms with van der Waals surface area (Å²) in [7, 11) is 0. The van der Waals surface area contributed by atoms with Gasteiger partial charge in [-0.3, -0.25) is 0 Å². The summed E-state index contributed by atoms with van der Waals surface area (Å²) in [6.45, 7) is 6.66. The Hall–Kier alpha value is -0.340. The number of rotatable bonds is 3. The minimum Gasteiger partial charge on any atom is -0.392 e. The van der Waals surface area contributed by atoms with E-state index < -0.39 is 0 Å². The van der Waals surface area contributed by atoms with Crippen molar-refractivity contribution in [3.63, 3.8) is 0 Å². The van der Waals surface area contributed by atoms with E-state index in [0.29, 0.717) is 6.04 Å². The van der Waals surface area contributed by atoms with E-state index in [1.807, 2.05) is 6.92 Å². The lowest BCUT2D eigenvalue weighted by atomic mass is 9.92. The van der Waals surface area contributed by atoms with E-state index in [9.17, 15) is 5.11 Å². The fourth-order valence-electron chi connectivity index (χ4n) is 1.65. The van der Waals surface area contributed by atoms with Crippen molar-refractivity contribution in [2.75, 3.05) is 6.54 Å². The number of aliphatic hydroxyl groups is 1. The van der Waals surface area contributed by atoms with Crippen molar-refractivity contribution in [3.05, 3.63) is 12.2 Å². The van der Waals surface area contributed by atoms with Crippen molar-refractivity contribution in [2.45, 2.75) is 44.8 Å². The predicted octanol–water partition coefficient (Wildman–Crippen LogP) is 1.46. The molecule has 2 nitrogen and oxygen atoms in total. The van der Waals surface area contributed by atoms with Crippen molar-refractivity contribution in [2.24, 2.45) is 0 Å². The summed E-state index contributed by atoms with van der Waals surface area (Å²) in [5.74, 6) is 0. The fourth-order valence-corrected chi connectivity index (χ4v) is 1.65. The van der Waals surface area contributed by atoms with Gasteiger partial charge in [-0.2, -0.15) is 0 Å². The van der Waals surface area contributed by atoms with Crippen LogP contribution in [0.15, 0.2) is 12.2 Å². The first kappa shape index (κ1) is 9.75. The standard InChI is InChI=1S/C10H19NO/c1-8(2)7-11-9-5-3-4-6-10(9)12/h9-12H,1,3-7H2,2H3/t9-,10-/m1/s1. The van der Waals surface area contributed by atoms with Gasteiger partial charge in [0.2, 0.25) is 0 Å². The quantitative estimate of drug-likeness (QED) is 0.627. The maximum absolute atomic E-state index is 9.59. The molecule has 0 spiro atoms.